The molecule has 0 amide bonds. The van der Waals surface area contributed by atoms with Gasteiger partial charge in [0.25, 0.3) is 0 Å². The Kier molecular flexibility index (Phi) is 31.7. The van der Waals surface area contributed by atoms with Crippen molar-refractivity contribution in [2.75, 3.05) is 0 Å². The predicted molar refractivity (Wildman–Crippen MR) is 68.6 cm³/mol. The Morgan fingerprint density at radius 1 is 1.15 bits per heavy atom. The van der Waals surface area contributed by atoms with Crippen LogP contribution < -0.4 is 0 Å². The molecule has 1 aromatic rings. The summed E-state index contributed by atoms with van der Waals surface area (Å²) < 4.78 is 21.9. The van der Waals surface area contributed by atoms with Crippen LogP contribution in [0.5, 0.6) is 5.75 Å². The van der Waals surface area contributed by atoms with Gasteiger partial charge in [0.1, 0.15) is 11.3 Å². The molecule has 1 rings (SSSR count). The monoisotopic (exact) mass is 543 g/mol. The van der Waals surface area contributed by atoms with Crippen LogP contribution in [0.1, 0.15) is 10.4 Å². The Bertz CT molecular complexity index is 354. The molecule has 0 saturated carbocycles. The third kappa shape index (κ3) is 22.1. The van der Waals surface area contributed by atoms with Gasteiger partial charge in [-0.3, -0.25) is 0 Å². The number of hydrogen-bond donors (Lipinski definition) is 5. The Balaban J connectivity index is -0.0000000653. The molecule has 0 radical (unpaired) electrons. The van der Waals surface area contributed by atoms with Gasteiger partial charge in [-0.1, -0.05) is 12.1 Å². The number of aromatic hydroxyl groups is 1. The molecule has 20 heavy (non-hydrogen) atoms. The SMILES string of the molecule is O=C(O)c1ccccc1O.O=N[O-].O[SeH](O)O.[NH2-].[NH2-].[Pt+2]. The van der Waals surface area contributed by atoms with Crippen molar-refractivity contribution >= 4 is 20.9 Å². The summed E-state index contributed by atoms with van der Waals surface area (Å²) in [5.74, 6) is -1.31. The van der Waals surface area contributed by atoms with Crippen molar-refractivity contribution in [1.82, 2.24) is 0 Å². The molecular formula is C7H14N3O8PtSe-. The summed E-state index contributed by atoms with van der Waals surface area (Å²) in [6, 6.07) is 5.81. The van der Waals surface area contributed by atoms with Crippen LogP contribution in [-0.4, -0.2) is 43.6 Å². The first-order chi connectivity index (χ1) is 7.86. The molecule has 0 saturated heterocycles. The summed E-state index contributed by atoms with van der Waals surface area (Å²) in [5.41, 5.74) is -0.0671. The number of para-hydroxylation sites is 1. The maximum absolute atomic E-state index is 10.3. The average Bonchev–Trinajstić information content (AvgIpc) is 2.18. The van der Waals surface area contributed by atoms with Gasteiger partial charge in [-0.25, -0.2) is 4.79 Å². The third-order valence-electron chi connectivity index (χ3n) is 1.13. The zero-order valence-corrected chi connectivity index (χ0v) is 13.8. The van der Waals surface area contributed by atoms with Crippen molar-refractivity contribution in [2.45, 2.75) is 0 Å². The maximum Gasteiger partial charge on any atom is 2.00 e. The van der Waals surface area contributed by atoms with E-state index in [4.69, 9.17) is 32.9 Å². The van der Waals surface area contributed by atoms with E-state index >= 15 is 0 Å². The topological polar surface area (TPSA) is 238 Å². The summed E-state index contributed by atoms with van der Waals surface area (Å²) in [5, 5.41) is 26.3. The molecule has 0 fully saturated rings. The van der Waals surface area contributed by atoms with Crippen LogP contribution in [0.25, 0.3) is 12.3 Å². The van der Waals surface area contributed by atoms with E-state index in [2.05, 4.69) is 0 Å². The minimum Gasteiger partial charge on any atom is -0.693 e. The molecule has 0 unspecified atom stereocenters. The summed E-state index contributed by atoms with van der Waals surface area (Å²) in [6.07, 6.45) is 0. The molecule has 0 aliphatic rings. The quantitative estimate of drug-likeness (QED) is 0.189. The normalized spacial score (nSPS) is 7.45. The maximum atomic E-state index is 10.3. The second kappa shape index (κ2) is 20.2. The van der Waals surface area contributed by atoms with Crippen molar-refractivity contribution in [3.63, 3.8) is 0 Å². The van der Waals surface area contributed by atoms with Crippen molar-refractivity contribution in [1.29, 1.82) is 0 Å². The Hall–Kier alpha value is -1.10. The van der Waals surface area contributed by atoms with Gasteiger partial charge in [0, 0.05) is 0 Å². The molecule has 9 N–H and O–H groups in total. The van der Waals surface area contributed by atoms with Crippen molar-refractivity contribution in [3.05, 3.63) is 52.2 Å². The van der Waals surface area contributed by atoms with Crippen molar-refractivity contribution in [2.24, 2.45) is 5.34 Å². The number of nitrogens with zero attached hydrogens (tertiary/aromatic N) is 1. The molecule has 0 aliphatic heterocycles. The minimum atomic E-state index is -3.19. The van der Waals surface area contributed by atoms with Crippen LogP contribution in [0.3, 0.4) is 0 Å². The number of benzene rings is 1. The van der Waals surface area contributed by atoms with E-state index in [1.165, 1.54) is 12.1 Å². The predicted octanol–water partition coefficient (Wildman–Crippen LogP) is 0.453. The van der Waals surface area contributed by atoms with Gasteiger partial charge in [-0.2, -0.15) is 0 Å². The summed E-state index contributed by atoms with van der Waals surface area (Å²) >= 11 is -3.19. The van der Waals surface area contributed by atoms with Gasteiger partial charge in [0.05, 0.1) is 0 Å². The van der Waals surface area contributed by atoms with Gasteiger partial charge >= 0.3 is 54.5 Å². The summed E-state index contributed by atoms with van der Waals surface area (Å²) in [6.45, 7) is 0. The first kappa shape index (κ1) is 31.3. The molecule has 0 heterocycles. The van der Waals surface area contributed by atoms with E-state index < -0.39 is 20.9 Å². The fraction of sp³-hybridized carbons (Fsp3) is 0. The van der Waals surface area contributed by atoms with E-state index in [-0.39, 0.29) is 44.7 Å². The van der Waals surface area contributed by atoms with Crippen LogP contribution in [0, 0.1) is 10.1 Å². The van der Waals surface area contributed by atoms with Crippen LogP contribution in [-0.2, 0) is 21.1 Å². The van der Waals surface area contributed by atoms with E-state index in [9.17, 15) is 4.79 Å². The molecule has 11 nitrogen and oxygen atoms in total. The molecule has 1 aromatic carbocycles. The Morgan fingerprint density at radius 2 is 1.45 bits per heavy atom. The largest absolute Gasteiger partial charge is 2.00 e. The molecule has 0 aromatic heterocycles. The van der Waals surface area contributed by atoms with Crippen LogP contribution in [0.2, 0.25) is 0 Å². The Labute approximate surface area is 133 Å². The van der Waals surface area contributed by atoms with Crippen molar-refractivity contribution < 1.29 is 48.6 Å². The zero-order chi connectivity index (χ0) is 13.8. The molecule has 0 spiro atoms. The number of phenols is 1. The second-order valence-electron chi connectivity index (χ2n) is 2.17. The zero-order valence-electron chi connectivity index (χ0n) is 9.64. The fourth-order valence-corrected chi connectivity index (χ4v) is 0.654. The molecular weight excluding hydrogens is 528 g/mol. The van der Waals surface area contributed by atoms with E-state index in [1.54, 1.807) is 12.1 Å². The van der Waals surface area contributed by atoms with Gasteiger partial charge in [-0.15, -0.1) is 5.34 Å². The summed E-state index contributed by atoms with van der Waals surface area (Å²) in [7, 11) is 0. The van der Waals surface area contributed by atoms with E-state index in [0.29, 0.717) is 0 Å². The number of hydrogen-bond acceptors (Lipinski definition) is 8. The van der Waals surface area contributed by atoms with Gasteiger partial charge in [0.15, 0.2) is 0 Å². The standard InChI is InChI=1S/C7H6O3.HNO2.2H2N.H4O3Se.Pt/c8-6-4-2-1-3-5(6)7(9)10;2-1-3;;;1-4(2)3;/h1-4,8H,(H,9,10);(H,2,3);2*1H2;1-4H;/q;;2*-1;;+2/p-1. The second-order valence-corrected chi connectivity index (χ2v) is 3.29. The van der Waals surface area contributed by atoms with Crippen molar-refractivity contribution in [3.8, 4) is 5.75 Å². The fourth-order valence-electron chi connectivity index (χ4n) is 0.654. The van der Waals surface area contributed by atoms with E-state index in [0.717, 1.165) is 5.34 Å². The molecule has 13 heteroatoms. The first-order valence-electron chi connectivity index (χ1n) is 3.69. The molecule has 0 bridgehead atoms. The Morgan fingerprint density at radius 3 is 1.65 bits per heavy atom. The number of rotatable bonds is 1. The van der Waals surface area contributed by atoms with Crippen LogP contribution >= 0.6 is 0 Å². The molecule has 0 atom stereocenters. The van der Waals surface area contributed by atoms with Gasteiger partial charge < -0.3 is 32.6 Å². The number of carbonyl (C=O) groups is 1. The smallest absolute Gasteiger partial charge is 0.693 e. The number of carboxylic acid groups (broad SMARTS) is 1. The molecule has 122 valence electrons. The van der Waals surface area contributed by atoms with E-state index in [1.807, 2.05) is 0 Å². The molecule has 0 aliphatic carbocycles. The average molecular weight is 542 g/mol. The number of aromatic carboxylic acids is 1. The van der Waals surface area contributed by atoms with Gasteiger partial charge in [-0.05, 0) is 12.1 Å². The minimum absolute atomic E-state index is 0. The van der Waals surface area contributed by atoms with Gasteiger partial charge in [0.2, 0.25) is 0 Å². The number of carboxylic acids is 1. The number of nitrogens with two attached hydrogens (primary N) is 2. The summed E-state index contributed by atoms with van der Waals surface area (Å²) in [4.78, 5) is 18.3. The first-order valence-corrected chi connectivity index (χ1v) is 6.21. The van der Waals surface area contributed by atoms with Crippen LogP contribution in [0.15, 0.2) is 29.6 Å². The van der Waals surface area contributed by atoms with Crippen LogP contribution in [0.4, 0.5) is 0 Å². The third-order valence-corrected chi connectivity index (χ3v) is 1.13.